The molecule has 1 heterocycles. The summed E-state index contributed by atoms with van der Waals surface area (Å²) in [5, 5.41) is 11.2. The van der Waals surface area contributed by atoms with Crippen molar-refractivity contribution in [1.29, 1.82) is 0 Å². The highest BCUT2D eigenvalue weighted by molar-refractivity contribution is 7.13. The van der Waals surface area contributed by atoms with Crippen LogP contribution in [0.4, 0.5) is 0 Å². The van der Waals surface area contributed by atoms with Gasteiger partial charge in [0.15, 0.2) is 0 Å². The number of hydrogen-bond donors (Lipinski definition) is 1. The second-order valence-electron chi connectivity index (χ2n) is 5.15. The predicted octanol–water partition coefficient (Wildman–Crippen LogP) is 3.39. The van der Waals surface area contributed by atoms with Crippen LogP contribution in [0.1, 0.15) is 17.0 Å². The molecule has 0 aliphatic heterocycles. The van der Waals surface area contributed by atoms with E-state index >= 15 is 0 Å². The Kier molecular flexibility index (Phi) is 1.98. The van der Waals surface area contributed by atoms with Crippen molar-refractivity contribution in [2.24, 2.45) is 11.8 Å². The first kappa shape index (κ1) is 10.3. The SMILES string of the molecule is O=C(O)[C@@H]1[C@H]2Cc3cc(-c4cccs4)ccc3[C@@H]21. The monoisotopic (exact) mass is 256 g/mol. The second kappa shape index (κ2) is 3.45. The van der Waals surface area contributed by atoms with Crippen LogP contribution in [0.5, 0.6) is 0 Å². The fraction of sp³-hybridized carbons (Fsp3) is 0.267. The maximum absolute atomic E-state index is 11.0. The fourth-order valence-electron chi connectivity index (χ4n) is 3.35. The Bertz CT molecular complexity index is 630. The molecule has 1 aromatic heterocycles. The van der Waals surface area contributed by atoms with E-state index in [-0.39, 0.29) is 11.8 Å². The Labute approximate surface area is 109 Å². The summed E-state index contributed by atoms with van der Waals surface area (Å²) in [6, 6.07) is 10.7. The van der Waals surface area contributed by atoms with Gasteiger partial charge in [-0.2, -0.15) is 0 Å². The van der Waals surface area contributed by atoms with Crippen molar-refractivity contribution in [3.05, 3.63) is 46.8 Å². The summed E-state index contributed by atoms with van der Waals surface area (Å²) in [5.41, 5.74) is 3.89. The lowest BCUT2D eigenvalue weighted by molar-refractivity contribution is -0.139. The van der Waals surface area contributed by atoms with E-state index in [2.05, 4.69) is 35.7 Å². The summed E-state index contributed by atoms with van der Waals surface area (Å²) in [6.45, 7) is 0. The smallest absolute Gasteiger partial charge is 0.307 e. The van der Waals surface area contributed by atoms with Crippen molar-refractivity contribution >= 4 is 17.3 Å². The molecule has 3 atom stereocenters. The van der Waals surface area contributed by atoms with E-state index in [1.54, 1.807) is 11.3 Å². The molecule has 18 heavy (non-hydrogen) atoms. The molecule has 1 aromatic carbocycles. The van der Waals surface area contributed by atoms with Gasteiger partial charge in [-0.15, -0.1) is 11.3 Å². The van der Waals surface area contributed by atoms with E-state index in [1.807, 2.05) is 0 Å². The molecule has 0 unspecified atom stereocenters. The van der Waals surface area contributed by atoms with E-state index in [1.165, 1.54) is 21.6 Å². The van der Waals surface area contributed by atoms with Crippen LogP contribution in [0.3, 0.4) is 0 Å². The number of aliphatic carboxylic acids is 1. The molecule has 1 fully saturated rings. The number of carbonyl (C=O) groups is 1. The molecule has 0 bridgehead atoms. The number of fused-ring (bicyclic) bond motifs is 3. The van der Waals surface area contributed by atoms with Gasteiger partial charge in [0.2, 0.25) is 0 Å². The van der Waals surface area contributed by atoms with Crippen LogP contribution in [-0.2, 0) is 11.2 Å². The summed E-state index contributed by atoms with van der Waals surface area (Å²) in [7, 11) is 0. The van der Waals surface area contributed by atoms with E-state index in [0.717, 1.165) is 6.42 Å². The normalized spacial score (nSPS) is 27.7. The molecule has 3 heteroatoms. The van der Waals surface area contributed by atoms with Gasteiger partial charge < -0.3 is 5.11 Å². The topological polar surface area (TPSA) is 37.3 Å². The van der Waals surface area contributed by atoms with Crippen molar-refractivity contribution in [1.82, 2.24) is 0 Å². The number of hydrogen-bond acceptors (Lipinski definition) is 2. The number of carboxylic acid groups (broad SMARTS) is 1. The minimum Gasteiger partial charge on any atom is -0.481 e. The molecule has 2 nitrogen and oxygen atoms in total. The van der Waals surface area contributed by atoms with Gasteiger partial charge in [0.25, 0.3) is 0 Å². The fourth-order valence-corrected chi connectivity index (χ4v) is 4.07. The van der Waals surface area contributed by atoms with Gasteiger partial charge in [0.1, 0.15) is 0 Å². The van der Waals surface area contributed by atoms with E-state index < -0.39 is 5.97 Å². The number of benzene rings is 1. The van der Waals surface area contributed by atoms with Crippen LogP contribution in [0.25, 0.3) is 10.4 Å². The van der Waals surface area contributed by atoms with Crippen LogP contribution in [0.2, 0.25) is 0 Å². The highest BCUT2D eigenvalue weighted by Crippen LogP contribution is 2.61. The third-order valence-electron chi connectivity index (χ3n) is 4.22. The van der Waals surface area contributed by atoms with Crippen LogP contribution in [-0.4, -0.2) is 11.1 Å². The Morgan fingerprint density at radius 2 is 2.22 bits per heavy atom. The van der Waals surface area contributed by atoms with E-state index in [0.29, 0.717) is 5.92 Å². The van der Waals surface area contributed by atoms with Crippen LogP contribution in [0.15, 0.2) is 35.7 Å². The first-order chi connectivity index (χ1) is 8.75. The number of thiophene rings is 1. The van der Waals surface area contributed by atoms with Gasteiger partial charge in [0, 0.05) is 10.8 Å². The van der Waals surface area contributed by atoms with Crippen molar-refractivity contribution < 1.29 is 9.90 Å². The summed E-state index contributed by atoms with van der Waals surface area (Å²) in [4.78, 5) is 12.3. The minimum absolute atomic E-state index is 0.120. The van der Waals surface area contributed by atoms with Gasteiger partial charge in [-0.3, -0.25) is 4.79 Å². The third kappa shape index (κ3) is 1.31. The van der Waals surface area contributed by atoms with E-state index in [9.17, 15) is 4.79 Å². The number of carboxylic acids is 1. The zero-order chi connectivity index (χ0) is 12.3. The molecule has 0 saturated heterocycles. The lowest BCUT2D eigenvalue weighted by atomic mass is 9.99. The molecule has 0 spiro atoms. The molecular weight excluding hydrogens is 244 g/mol. The van der Waals surface area contributed by atoms with Gasteiger partial charge in [-0.25, -0.2) is 0 Å². The third-order valence-corrected chi connectivity index (χ3v) is 5.14. The van der Waals surface area contributed by atoms with Crippen LogP contribution >= 0.6 is 11.3 Å². The van der Waals surface area contributed by atoms with Gasteiger partial charge in [-0.1, -0.05) is 24.3 Å². The van der Waals surface area contributed by atoms with Gasteiger partial charge in [-0.05, 0) is 40.5 Å². The Hall–Kier alpha value is -1.61. The van der Waals surface area contributed by atoms with Crippen molar-refractivity contribution in [3.63, 3.8) is 0 Å². The second-order valence-corrected chi connectivity index (χ2v) is 6.10. The summed E-state index contributed by atoms with van der Waals surface area (Å²) < 4.78 is 0. The quantitative estimate of drug-likeness (QED) is 0.894. The molecule has 2 aliphatic carbocycles. The van der Waals surface area contributed by atoms with Crippen LogP contribution < -0.4 is 0 Å². The molecule has 2 aromatic rings. The molecule has 1 N–H and O–H groups in total. The minimum atomic E-state index is -0.627. The predicted molar refractivity (Wildman–Crippen MR) is 70.8 cm³/mol. The maximum Gasteiger partial charge on any atom is 0.307 e. The summed E-state index contributed by atoms with van der Waals surface area (Å²) >= 11 is 1.74. The maximum atomic E-state index is 11.0. The zero-order valence-electron chi connectivity index (χ0n) is 9.67. The highest BCUT2D eigenvalue weighted by atomic mass is 32.1. The molecule has 0 amide bonds. The Morgan fingerprint density at radius 3 is 2.94 bits per heavy atom. The Balaban J connectivity index is 1.71. The van der Waals surface area contributed by atoms with Gasteiger partial charge in [0.05, 0.1) is 5.92 Å². The zero-order valence-corrected chi connectivity index (χ0v) is 10.5. The molecule has 1 saturated carbocycles. The summed E-state index contributed by atoms with van der Waals surface area (Å²) in [5.74, 6) is -0.103. The van der Waals surface area contributed by atoms with E-state index in [4.69, 9.17) is 5.11 Å². The molecule has 4 rings (SSSR count). The molecule has 0 radical (unpaired) electrons. The molecule has 2 aliphatic rings. The van der Waals surface area contributed by atoms with Crippen molar-refractivity contribution in [2.75, 3.05) is 0 Å². The van der Waals surface area contributed by atoms with Gasteiger partial charge >= 0.3 is 5.97 Å². The first-order valence-corrected chi connectivity index (χ1v) is 7.03. The van der Waals surface area contributed by atoms with Crippen LogP contribution in [0, 0.1) is 11.8 Å². The average molecular weight is 256 g/mol. The average Bonchev–Trinajstić information content (AvgIpc) is 2.79. The lowest BCUT2D eigenvalue weighted by Gasteiger charge is -2.07. The largest absolute Gasteiger partial charge is 0.481 e. The lowest BCUT2D eigenvalue weighted by Crippen LogP contribution is -2.05. The molecule has 90 valence electrons. The Morgan fingerprint density at radius 1 is 1.33 bits per heavy atom. The highest BCUT2D eigenvalue weighted by Gasteiger charge is 2.59. The van der Waals surface area contributed by atoms with Crippen molar-refractivity contribution in [3.8, 4) is 10.4 Å². The van der Waals surface area contributed by atoms with Crippen molar-refractivity contribution in [2.45, 2.75) is 12.3 Å². The summed E-state index contributed by atoms with van der Waals surface area (Å²) in [6.07, 6.45) is 0.941. The molecular formula is C15H12O2S. The first-order valence-electron chi connectivity index (χ1n) is 6.15. The standard InChI is InChI=1S/C15H12O2S/c16-15(17)14-11-7-9-6-8(12-2-1-5-18-12)3-4-10(9)13(11)14/h1-6,11,13-14H,7H2,(H,16,17)/t11-,13-,14+/m0/s1. The number of rotatable bonds is 2.